The Morgan fingerprint density at radius 3 is 2.76 bits per heavy atom. The standard InChI is InChI=1S/C18H20FNO/c1-20-17(11-13-4-7-16(19)8-5-13)14-6-9-18-15(12-14)3-2-10-21-18/h4-9,12,17,20H,2-3,10-11H2,1H3. The van der Waals surface area contributed by atoms with Crippen molar-refractivity contribution >= 4 is 0 Å². The second kappa shape index (κ2) is 6.27. The summed E-state index contributed by atoms with van der Waals surface area (Å²) in [6, 6.07) is 13.4. The maximum atomic E-state index is 13.0. The first-order valence-electron chi connectivity index (χ1n) is 7.43. The third-order valence-electron chi connectivity index (χ3n) is 4.04. The minimum Gasteiger partial charge on any atom is -0.493 e. The van der Waals surface area contributed by atoms with Crippen molar-refractivity contribution in [2.24, 2.45) is 0 Å². The molecule has 1 heterocycles. The van der Waals surface area contributed by atoms with Crippen molar-refractivity contribution < 1.29 is 9.13 Å². The number of hydrogen-bond acceptors (Lipinski definition) is 2. The van der Waals surface area contributed by atoms with Crippen LogP contribution in [0.4, 0.5) is 4.39 Å². The van der Waals surface area contributed by atoms with Crippen LogP contribution in [0.2, 0.25) is 0 Å². The van der Waals surface area contributed by atoms with E-state index < -0.39 is 0 Å². The van der Waals surface area contributed by atoms with E-state index in [1.807, 2.05) is 19.2 Å². The maximum absolute atomic E-state index is 13.0. The SMILES string of the molecule is CNC(Cc1ccc(F)cc1)c1ccc2c(c1)CCCO2. The number of halogens is 1. The van der Waals surface area contributed by atoms with Crippen LogP contribution in [-0.2, 0) is 12.8 Å². The number of ether oxygens (including phenoxy) is 1. The maximum Gasteiger partial charge on any atom is 0.123 e. The van der Waals surface area contributed by atoms with Crippen LogP contribution < -0.4 is 10.1 Å². The summed E-state index contributed by atoms with van der Waals surface area (Å²) >= 11 is 0. The molecule has 0 bridgehead atoms. The number of hydrogen-bond donors (Lipinski definition) is 1. The highest BCUT2D eigenvalue weighted by Gasteiger charge is 2.15. The molecule has 21 heavy (non-hydrogen) atoms. The van der Waals surface area contributed by atoms with Gasteiger partial charge in [-0.3, -0.25) is 0 Å². The van der Waals surface area contributed by atoms with Crippen molar-refractivity contribution in [3.63, 3.8) is 0 Å². The summed E-state index contributed by atoms with van der Waals surface area (Å²) < 4.78 is 18.6. The van der Waals surface area contributed by atoms with Crippen LogP contribution in [0.3, 0.4) is 0 Å². The van der Waals surface area contributed by atoms with Gasteiger partial charge in [0.2, 0.25) is 0 Å². The van der Waals surface area contributed by atoms with Gasteiger partial charge in [-0.1, -0.05) is 24.3 Å². The normalized spacial score (nSPS) is 15.1. The van der Waals surface area contributed by atoms with Crippen LogP contribution in [-0.4, -0.2) is 13.7 Å². The highest BCUT2D eigenvalue weighted by molar-refractivity contribution is 5.40. The monoisotopic (exact) mass is 285 g/mol. The summed E-state index contributed by atoms with van der Waals surface area (Å²) in [4.78, 5) is 0. The van der Waals surface area contributed by atoms with E-state index >= 15 is 0 Å². The number of rotatable bonds is 4. The van der Waals surface area contributed by atoms with Gasteiger partial charge in [-0.15, -0.1) is 0 Å². The molecule has 1 N–H and O–H groups in total. The Morgan fingerprint density at radius 2 is 2.00 bits per heavy atom. The largest absolute Gasteiger partial charge is 0.493 e. The summed E-state index contributed by atoms with van der Waals surface area (Å²) in [5.41, 5.74) is 3.67. The second-order valence-electron chi connectivity index (χ2n) is 5.49. The molecule has 3 rings (SSSR count). The van der Waals surface area contributed by atoms with E-state index in [0.717, 1.165) is 37.2 Å². The molecule has 0 aromatic heterocycles. The van der Waals surface area contributed by atoms with Crippen LogP contribution >= 0.6 is 0 Å². The molecule has 0 saturated carbocycles. The van der Waals surface area contributed by atoms with Crippen LogP contribution in [0.1, 0.15) is 29.2 Å². The molecule has 2 aromatic carbocycles. The lowest BCUT2D eigenvalue weighted by atomic mass is 9.95. The van der Waals surface area contributed by atoms with Gasteiger partial charge < -0.3 is 10.1 Å². The van der Waals surface area contributed by atoms with Gasteiger partial charge in [0.05, 0.1) is 6.61 Å². The van der Waals surface area contributed by atoms with Gasteiger partial charge in [0.15, 0.2) is 0 Å². The Bertz CT molecular complexity index is 609. The number of likely N-dealkylation sites (N-methyl/N-ethyl adjacent to an activating group) is 1. The zero-order valence-corrected chi connectivity index (χ0v) is 12.2. The van der Waals surface area contributed by atoms with E-state index in [1.54, 1.807) is 0 Å². The van der Waals surface area contributed by atoms with Crippen molar-refractivity contribution in [1.29, 1.82) is 0 Å². The minimum absolute atomic E-state index is 0.189. The summed E-state index contributed by atoms with van der Waals surface area (Å²) in [5, 5.41) is 3.35. The highest BCUT2D eigenvalue weighted by atomic mass is 19.1. The first-order valence-corrected chi connectivity index (χ1v) is 7.43. The van der Waals surface area contributed by atoms with E-state index in [2.05, 4.69) is 23.5 Å². The Balaban J connectivity index is 1.81. The lowest BCUT2D eigenvalue weighted by Gasteiger charge is -2.22. The van der Waals surface area contributed by atoms with Gasteiger partial charge in [-0.25, -0.2) is 4.39 Å². The van der Waals surface area contributed by atoms with Crippen LogP contribution in [0.25, 0.3) is 0 Å². The Labute approximate surface area is 125 Å². The number of aryl methyl sites for hydroxylation is 1. The van der Waals surface area contributed by atoms with Crippen LogP contribution in [0, 0.1) is 5.82 Å². The third-order valence-corrected chi connectivity index (χ3v) is 4.04. The molecule has 1 unspecified atom stereocenters. The number of benzene rings is 2. The predicted octanol–water partition coefficient (Wildman–Crippen LogP) is 3.65. The van der Waals surface area contributed by atoms with E-state index in [-0.39, 0.29) is 11.9 Å². The molecule has 0 fully saturated rings. The quantitative estimate of drug-likeness (QED) is 0.925. The van der Waals surface area contributed by atoms with Gasteiger partial charge >= 0.3 is 0 Å². The zero-order valence-electron chi connectivity index (χ0n) is 12.2. The Hall–Kier alpha value is -1.87. The van der Waals surface area contributed by atoms with E-state index in [1.165, 1.54) is 23.3 Å². The summed E-state index contributed by atoms with van der Waals surface area (Å²) in [5.74, 6) is 0.826. The van der Waals surface area contributed by atoms with Gasteiger partial charge in [0.1, 0.15) is 11.6 Å². The van der Waals surface area contributed by atoms with Gasteiger partial charge in [0.25, 0.3) is 0 Å². The van der Waals surface area contributed by atoms with Crippen LogP contribution in [0.15, 0.2) is 42.5 Å². The Morgan fingerprint density at radius 1 is 1.19 bits per heavy atom. The summed E-state index contributed by atoms with van der Waals surface area (Å²) in [6.45, 7) is 0.817. The average Bonchev–Trinajstić information content (AvgIpc) is 2.54. The van der Waals surface area contributed by atoms with Crippen molar-refractivity contribution in [3.05, 3.63) is 65.0 Å². The van der Waals surface area contributed by atoms with Gasteiger partial charge in [-0.2, -0.15) is 0 Å². The fourth-order valence-corrected chi connectivity index (χ4v) is 2.84. The zero-order chi connectivity index (χ0) is 14.7. The topological polar surface area (TPSA) is 21.3 Å². The molecule has 110 valence electrons. The summed E-state index contributed by atoms with van der Waals surface area (Å²) in [7, 11) is 1.96. The van der Waals surface area contributed by atoms with E-state index in [9.17, 15) is 4.39 Å². The molecule has 0 aliphatic carbocycles. The van der Waals surface area contributed by atoms with Gasteiger partial charge in [-0.05, 0) is 61.2 Å². The van der Waals surface area contributed by atoms with Crippen molar-refractivity contribution in [3.8, 4) is 5.75 Å². The van der Waals surface area contributed by atoms with E-state index in [0.29, 0.717) is 0 Å². The number of nitrogens with one attached hydrogen (secondary N) is 1. The van der Waals surface area contributed by atoms with Crippen molar-refractivity contribution in [2.75, 3.05) is 13.7 Å². The van der Waals surface area contributed by atoms with Crippen molar-refractivity contribution in [1.82, 2.24) is 5.32 Å². The average molecular weight is 285 g/mol. The first kappa shape index (κ1) is 14.1. The fraction of sp³-hybridized carbons (Fsp3) is 0.333. The molecule has 0 saturated heterocycles. The molecule has 1 aliphatic heterocycles. The molecule has 3 heteroatoms. The minimum atomic E-state index is -0.189. The number of fused-ring (bicyclic) bond motifs is 1. The molecular formula is C18H20FNO. The Kier molecular flexibility index (Phi) is 4.20. The first-order chi connectivity index (χ1) is 10.3. The van der Waals surface area contributed by atoms with Crippen LogP contribution in [0.5, 0.6) is 5.75 Å². The fourth-order valence-electron chi connectivity index (χ4n) is 2.84. The lowest BCUT2D eigenvalue weighted by Crippen LogP contribution is -2.19. The predicted molar refractivity (Wildman–Crippen MR) is 82.2 cm³/mol. The van der Waals surface area contributed by atoms with Crippen molar-refractivity contribution in [2.45, 2.75) is 25.3 Å². The molecule has 1 atom stereocenters. The lowest BCUT2D eigenvalue weighted by molar-refractivity contribution is 0.288. The molecule has 2 aromatic rings. The summed E-state index contributed by atoms with van der Waals surface area (Å²) in [6.07, 6.45) is 3.01. The van der Waals surface area contributed by atoms with E-state index in [4.69, 9.17) is 4.74 Å². The third kappa shape index (κ3) is 3.24. The molecule has 0 spiro atoms. The molecule has 0 radical (unpaired) electrons. The molecular weight excluding hydrogens is 265 g/mol. The molecule has 2 nitrogen and oxygen atoms in total. The molecule has 0 amide bonds. The second-order valence-corrected chi connectivity index (χ2v) is 5.49. The molecule has 1 aliphatic rings. The highest BCUT2D eigenvalue weighted by Crippen LogP contribution is 2.29. The smallest absolute Gasteiger partial charge is 0.123 e. The van der Waals surface area contributed by atoms with Gasteiger partial charge in [0, 0.05) is 6.04 Å².